The number of ether oxygens (including phenoxy) is 4. The SMILES string of the molecule is [2H]c1c([2H])c([2H])[n+]2c(c([O-])nc3c(N[C@@H]4O[C@H](COC(C)=O)[C@@H](OC(C)=O)[C@H]4OC(C)=O)ncnc32)c1[2H]. The van der Waals surface area contributed by atoms with Gasteiger partial charge in [0.05, 0.1) is 10.3 Å². The van der Waals surface area contributed by atoms with Crippen molar-refractivity contribution in [2.45, 2.75) is 45.3 Å². The van der Waals surface area contributed by atoms with Gasteiger partial charge in [-0.25, -0.2) is 4.98 Å². The van der Waals surface area contributed by atoms with Gasteiger partial charge in [0.25, 0.3) is 0 Å². The smallest absolute Gasteiger partial charge is 0.359 e. The molecular weight excluding hydrogens is 450 g/mol. The number of fused-ring (bicyclic) bond motifs is 3. The second kappa shape index (κ2) is 9.39. The fourth-order valence-corrected chi connectivity index (χ4v) is 3.46. The van der Waals surface area contributed by atoms with Crippen LogP contribution in [0, 0.1) is 0 Å². The third kappa shape index (κ3) is 4.64. The molecule has 1 aliphatic rings. The van der Waals surface area contributed by atoms with E-state index in [1.54, 1.807) is 0 Å². The van der Waals surface area contributed by atoms with Crippen LogP contribution in [0.25, 0.3) is 16.7 Å². The van der Waals surface area contributed by atoms with Crippen molar-refractivity contribution < 1.29 is 48.3 Å². The number of aromatic nitrogens is 4. The molecule has 0 radical (unpaired) electrons. The molecule has 0 bridgehead atoms. The standard InChI is InChI=1S/C21H21N5O8/c1-10(27)31-8-14-16(32-11(2)28)17(33-12(3)29)21(34-14)25-18-15-19(23-9-22-18)26-7-5-4-6-13(26)20(30)24-15/h4-7,9,14,16-17,21,30H,8H2,1-3H3/t14-,16-,17-,21-/m1/s1/i4D,5D,6D,7D. The van der Waals surface area contributed by atoms with Crippen LogP contribution >= 0.6 is 0 Å². The molecule has 0 aliphatic carbocycles. The lowest BCUT2D eigenvalue weighted by molar-refractivity contribution is -0.489. The van der Waals surface area contributed by atoms with Gasteiger partial charge in [-0.05, 0) is 17.1 Å². The number of nitrogens with one attached hydrogen (secondary N) is 1. The zero-order chi connectivity index (χ0) is 27.9. The number of pyridine rings is 1. The maximum atomic E-state index is 12.8. The van der Waals surface area contributed by atoms with E-state index >= 15 is 0 Å². The number of rotatable bonds is 6. The molecule has 13 heteroatoms. The van der Waals surface area contributed by atoms with Crippen molar-refractivity contribution in [2.24, 2.45) is 0 Å². The van der Waals surface area contributed by atoms with Gasteiger partial charge in [-0.1, -0.05) is 6.04 Å². The highest BCUT2D eigenvalue weighted by molar-refractivity contribution is 5.82. The lowest BCUT2D eigenvalue weighted by Gasteiger charge is -2.23. The summed E-state index contributed by atoms with van der Waals surface area (Å²) >= 11 is 0. The van der Waals surface area contributed by atoms with Crippen molar-refractivity contribution in [1.82, 2.24) is 15.0 Å². The van der Waals surface area contributed by atoms with Crippen LogP contribution in [0.3, 0.4) is 0 Å². The summed E-state index contributed by atoms with van der Waals surface area (Å²) in [5.41, 5.74) is -0.726. The van der Waals surface area contributed by atoms with Crippen LogP contribution in [0.5, 0.6) is 5.88 Å². The highest BCUT2D eigenvalue weighted by Gasteiger charge is 2.50. The zero-order valence-corrected chi connectivity index (χ0v) is 18.1. The Morgan fingerprint density at radius 1 is 1.15 bits per heavy atom. The molecule has 178 valence electrons. The molecule has 3 aromatic rings. The van der Waals surface area contributed by atoms with Gasteiger partial charge in [0.2, 0.25) is 6.33 Å². The maximum Gasteiger partial charge on any atom is 0.359 e. The first kappa shape index (κ1) is 18.3. The summed E-state index contributed by atoms with van der Waals surface area (Å²) < 4.78 is 54.5. The molecule has 1 aliphatic heterocycles. The molecular formula is C21H21N5O8. The van der Waals surface area contributed by atoms with Crippen LogP contribution < -0.4 is 14.8 Å². The average Bonchev–Trinajstić information content (AvgIpc) is 3.14. The highest BCUT2D eigenvalue weighted by atomic mass is 16.7. The van der Waals surface area contributed by atoms with Crippen molar-refractivity contribution in [3.8, 4) is 5.88 Å². The van der Waals surface area contributed by atoms with Crippen molar-refractivity contribution >= 4 is 40.4 Å². The minimum atomic E-state index is -1.25. The first-order valence-corrected chi connectivity index (χ1v) is 9.94. The first-order valence-electron chi connectivity index (χ1n) is 11.9. The van der Waals surface area contributed by atoms with E-state index in [9.17, 15) is 19.5 Å². The monoisotopic (exact) mass is 475 g/mol. The van der Waals surface area contributed by atoms with Crippen molar-refractivity contribution in [2.75, 3.05) is 11.9 Å². The molecule has 0 saturated carbocycles. The van der Waals surface area contributed by atoms with Crippen LogP contribution in [0.1, 0.15) is 26.3 Å². The van der Waals surface area contributed by atoms with Gasteiger partial charge in [-0.3, -0.25) is 14.4 Å². The van der Waals surface area contributed by atoms with Crippen LogP contribution in [0.15, 0.2) is 30.6 Å². The van der Waals surface area contributed by atoms with E-state index in [0.29, 0.717) is 0 Å². The second-order valence-corrected chi connectivity index (χ2v) is 7.17. The molecule has 0 amide bonds. The predicted octanol–water partition coefficient (Wildman–Crippen LogP) is -0.600. The van der Waals surface area contributed by atoms with Crippen molar-refractivity contribution in [1.29, 1.82) is 0 Å². The average molecular weight is 475 g/mol. The predicted molar refractivity (Wildman–Crippen MR) is 110 cm³/mol. The molecule has 0 aromatic carbocycles. The minimum absolute atomic E-state index is 0.120. The largest absolute Gasteiger partial charge is 0.856 e. The lowest BCUT2D eigenvalue weighted by atomic mass is 10.1. The summed E-state index contributed by atoms with van der Waals surface area (Å²) in [6, 6.07) is -1.80. The molecule has 13 nitrogen and oxygen atoms in total. The molecule has 0 spiro atoms. The van der Waals surface area contributed by atoms with E-state index < -0.39 is 78.1 Å². The van der Waals surface area contributed by atoms with Gasteiger partial charge in [0.15, 0.2) is 29.8 Å². The summed E-state index contributed by atoms with van der Waals surface area (Å²) in [6.45, 7) is 3.09. The van der Waals surface area contributed by atoms with E-state index in [-0.39, 0.29) is 23.6 Å². The summed E-state index contributed by atoms with van der Waals surface area (Å²) in [5, 5.41) is 15.7. The Labute approximate surface area is 198 Å². The van der Waals surface area contributed by atoms with E-state index in [4.69, 9.17) is 24.4 Å². The Bertz CT molecular complexity index is 1480. The van der Waals surface area contributed by atoms with Gasteiger partial charge in [0, 0.05) is 26.7 Å². The van der Waals surface area contributed by atoms with Crippen LogP contribution in [0.2, 0.25) is 0 Å². The zero-order valence-electron chi connectivity index (χ0n) is 22.1. The number of esters is 3. The van der Waals surface area contributed by atoms with Crippen LogP contribution in [0.4, 0.5) is 5.82 Å². The summed E-state index contributed by atoms with van der Waals surface area (Å²) in [4.78, 5) is 47.0. The summed E-state index contributed by atoms with van der Waals surface area (Å²) in [6.07, 6.45) is -4.25. The summed E-state index contributed by atoms with van der Waals surface area (Å²) in [7, 11) is 0. The Hall–Kier alpha value is -4.13. The second-order valence-electron chi connectivity index (χ2n) is 7.17. The number of hydrogen-bond acceptors (Lipinski definition) is 12. The minimum Gasteiger partial charge on any atom is -0.856 e. The maximum absolute atomic E-state index is 12.8. The Balaban J connectivity index is 1.82. The molecule has 1 saturated heterocycles. The number of carbonyl (C=O) groups excluding carboxylic acids is 3. The van der Waals surface area contributed by atoms with Gasteiger partial charge >= 0.3 is 23.6 Å². The molecule has 0 unspecified atom stereocenters. The highest BCUT2D eigenvalue weighted by Crippen LogP contribution is 2.30. The first-order chi connectivity index (χ1) is 17.9. The fourth-order valence-electron chi connectivity index (χ4n) is 3.46. The Morgan fingerprint density at radius 2 is 1.88 bits per heavy atom. The fraction of sp³-hybridized carbons (Fsp3) is 0.381. The topological polar surface area (TPSA) is 166 Å². The molecule has 4 rings (SSSR count). The van der Waals surface area contributed by atoms with Gasteiger partial charge < -0.3 is 29.4 Å². The molecule has 1 N–H and O–H groups in total. The summed E-state index contributed by atoms with van der Waals surface area (Å²) in [5.74, 6) is -3.17. The van der Waals surface area contributed by atoms with Crippen LogP contribution in [-0.4, -0.2) is 64.0 Å². The number of carbonyl (C=O) groups is 3. The Morgan fingerprint density at radius 3 is 2.59 bits per heavy atom. The third-order valence-electron chi connectivity index (χ3n) is 4.71. The number of nitrogens with zero attached hydrogens (tertiary/aromatic N) is 4. The van der Waals surface area contributed by atoms with Gasteiger partial charge in [-0.15, -0.1) is 0 Å². The van der Waals surface area contributed by atoms with Crippen molar-refractivity contribution in [3.05, 3.63) is 30.6 Å². The molecule has 4 atom stereocenters. The molecule has 34 heavy (non-hydrogen) atoms. The van der Waals surface area contributed by atoms with E-state index in [1.807, 2.05) is 0 Å². The molecule has 1 fully saturated rings. The lowest BCUT2D eigenvalue weighted by Crippen LogP contribution is -2.43. The van der Waals surface area contributed by atoms with Gasteiger partial charge in [-0.2, -0.15) is 9.38 Å². The van der Waals surface area contributed by atoms with E-state index in [2.05, 4.69) is 20.3 Å². The molecule has 4 heterocycles. The van der Waals surface area contributed by atoms with Gasteiger partial charge in [0.1, 0.15) is 19.6 Å². The molecule has 3 aromatic heterocycles. The third-order valence-corrected chi connectivity index (χ3v) is 4.71. The normalized spacial score (nSPS) is 23.5. The van der Waals surface area contributed by atoms with E-state index in [0.717, 1.165) is 24.6 Å². The van der Waals surface area contributed by atoms with E-state index in [1.165, 1.54) is 6.92 Å². The van der Waals surface area contributed by atoms with Crippen LogP contribution in [-0.2, 0) is 33.3 Å². The number of hydrogen-bond donors (Lipinski definition) is 1. The quantitative estimate of drug-likeness (QED) is 0.208. The number of anilines is 1. The Kier molecular flexibility index (Phi) is 5.06. The van der Waals surface area contributed by atoms with Crippen molar-refractivity contribution in [3.63, 3.8) is 0 Å².